The highest BCUT2D eigenvalue weighted by Gasteiger charge is 2.16. The van der Waals surface area contributed by atoms with Crippen molar-refractivity contribution in [3.8, 4) is 11.5 Å². The number of azo groups is 1. The van der Waals surface area contributed by atoms with Gasteiger partial charge in [-0.05, 0) is 29.8 Å². The molecule has 0 spiro atoms. The van der Waals surface area contributed by atoms with Gasteiger partial charge in [0.2, 0.25) is 0 Å². The summed E-state index contributed by atoms with van der Waals surface area (Å²) in [7, 11) is 0. The minimum absolute atomic E-state index is 0.0677. The molecular formula is C24H18N2O3. The Balaban J connectivity index is 1.82. The molecule has 0 heterocycles. The summed E-state index contributed by atoms with van der Waals surface area (Å²) in [5, 5.41) is 22.7. The van der Waals surface area contributed by atoms with Gasteiger partial charge in [0, 0.05) is 16.8 Å². The first-order chi connectivity index (χ1) is 14.2. The Morgan fingerprint density at radius 3 is 2.31 bits per heavy atom. The minimum atomic E-state index is -0.573. The van der Waals surface area contributed by atoms with Crippen LogP contribution in [0.5, 0.6) is 11.5 Å². The van der Waals surface area contributed by atoms with Gasteiger partial charge in [-0.2, -0.15) is 0 Å². The predicted molar refractivity (Wildman–Crippen MR) is 114 cm³/mol. The zero-order chi connectivity index (χ0) is 20.2. The molecule has 4 aromatic rings. The number of rotatable bonds is 4. The van der Waals surface area contributed by atoms with Crippen molar-refractivity contribution in [1.82, 2.24) is 0 Å². The molecule has 0 atom stereocenters. The fourth-order valence-electron chi connectivity index (χ4n) is 3.14. The third-order valence-electron chi connectivity index (χ3n) is 4.49. The minimum Gasteiger partial charge on any atom is -0.503 e. The number of esters is 1. The standard InChI is InChI=1S/C24H18N2O3/c1-2-8-22(27)29-24-19-13-6-4-10-17(19)15-21(23(24)28)26-25-20-14-7-11-16-9-3-5-12-18(16)20/h2-15,28H,1H3. The van der Waals surface area contributed by atoms with Crippen LogP contribution in [0.1, 0.15) is 6.92 Å². The first-order valence-corrected chi connectivity index (χ1v) is 9.16. The van der Waals surface area contributed by atoms with E-state index in [1.807, 2.05) is 60.7 Å². The molecule has 1 N–H and O–H groups in total. The van der Waals surface area contributed by atoms with E-state index in [-0.39, 0.29) is 17.2 Å². The molecule has 4 aromatic carbocycles. The van der Waals surface area contributed by atoms with Crippen molar-refractivity contribution in [2.75, 3.05) is 0 Å². The van der Waals surface area contributed by atoms with E-state index in [1.54, 1.807) is 25.1 Å². The molecule has 4 rings (SSSR count). The Bertz CT molecular complexity index is 1270. The largest absolute Gasteiger partial charge is 0.503 e. The summed E-state index contributed by atoms with van der Waals surface area (Å²) in [5.74, 6) is -0.736. The topological polar surface area (TPSA) is 71.2 Å². The molecule has 5 heteroatoms. The van der Waals surface area contributed by atoms with Crippen molar-refractivity contribution in [3.05, 3.63) is 84.9 Å². The highest BCUT2D eigenvalue weighted by molar-refractivity contribution is 5.97. The maximum Gasteiger partial charge on any atom is 0.335 e. The molecule has 0 saturated carbocycles. The van der Waals surface area contributed by atoms with Crippen LogP contribution in [0, 0.1) is 0 Å². The maximum atomic E-state index is 12.0. The van der Waals surface area contributed by atoms with Crippen molar-refractivity contribution in [3.63, 3.8) is 0 Å². The quantitative estimate of drug-likeness (QED) is 0.187. The molecule has 0 aliphatic carbocycles. The molecule has 0 radical (unpaired) electrons. The van der Waals surface area contributed by atoms with E-state index in [4.69, 9.17) is 4.74 Å². The van der Waals surface area contributed by atoms with Gasteiger partial charge in [0.1, 0.15) is 5.69 Å². The second-order valence-corrected chi connectivity index (χ2v) is 6.41. The first-order valence-electron chi connectivity index (χ1n) is 9.16. The summed E-state index contributed by atoms with van der Waals surface area (Å²) in [6.45, 7) is 1.72. The molecule has 0 saturated heterocycles. The summed E-state index contributed by atoms with van der Waals surface area (Å²) >= 11 is 0. The van der Waals surface area contributed by atoms with Crippen molar-refractivity contribution < 1.29 is 14.6 Å². The Hall–Kier alpha value is -3.99. The zero-order valence-electron chi connectivity index (χ0n) is 15.7. The Morgan fingerprint density at radius 2 is 1.52 bits per heavy atom. The van der Waals surface area contributed by atoms with E-state index in [0.29, 0.717) is 11.1 Å². The smallest absolute Gasteiger partial charge is 0.335 e. The average Bonchev–Trinajstić information content (AvgIpc) is 2.74. The van der Waals surface area contributed by atoms with Crippen LogP contribution in [0.2, 0.25) is 0 Å². The molecule has 142 valence electrons. The van der Waals surface area contributed by atoms with Crippen LogP contribution >= 0.6 is 0 Å². The summed E-state index contributed by atoms with van der Waals surface area (Å²) < 4.78 is 5.38. The molecule has 0 unspecified atom stereocenters. The highest BCUT2D eigenvalue weighted by Crippen LogP contribution is 2.43. The van der Waals surface area contributed by atoms with E-state index in [9.17, 15) is 9.90 Å². The van der Waals surface area contributed by atoms with Crippen LogP contribution in [0.4, 0.5) is 11.4 Å². The molecule has 0 aromatic heterocycles. The molecule has 0 bridgehead atoms. The fraction of sp³-hybridized carbons (Fsp3) is 0.0417. The lowest BCUT2D eigenvalue weighted by molar-refractivity contribution is -0.129. The molecule has 0 aliphatic rings. The molecule has 29 heavy (non-hydrogen) atoms. The lowest BCUT2D eigenvalue weighted by atomic mass is 10.1. The molecular weight excluding hydrogens is 364 g/mol. The second-order valence-electron chi connectivity index (χ2n) is 6.41. The number of fused-ring (bicyclic) bond motifs is 2. The number of aromatic hydroxyl groups is 1. The van der Waals surface area contributed by atoms with Crippen molar-refractivity contribution in [2.24, 2.45) is 10.2 Å². The summed E-state index contributed by atoms with van der Waals surface area (Å²) in [6, 6.07) is 22.7. The van der Waals surface area contributed by atoms with E-state index in [0.717, 1.165) is 16.2 Å². The van der Waals surface area contributed by atoms with Gasteiger partial charge < -0.3 is 9.84 Å². The monoisotopic (exact) mass is 382 g/mol. The number of hydrogen-bond acceptors (Lipinski definition) is 5. The van der Waals surface area contributed by atoms with Crippen molar-refractivity contribution in [1.29, 1.82) is 0 Å². The molecule has 0 aliphatic heterocycles. The van der Waals surface area contributed by atoms with Crippen LogP contribution in [0.15, 0.2) is 95.2 Å². The van der Waals surface area contributed by atoms with Gasteiger partial charge in [-0.1, -0.05) is 66.7 Å². The average molecular weight is 382 g/mol. The van der Waals surface area contributed by atoms with E-state index < -0.39 is 5.97 Å². The number of allylic oxidation sites excluding steroid dienone is 1. The number of hydrogen-bond donors (Lipinski definition) is 1. The number of nitrogens with zero attached hydrogens (tertiary/aromatic N) is 2. The Kier molecular flexibility index (Phi) is 5.03. The molecule has 5 nitrogen and oxygen atoms in total. The van der Waals surface area contributed by atoms with E-state index in [2.05, 4.69) is 10.2 Å². The van der Waals surface area contributed by atoms with Crippen LogP contribution in [0.3, 0.4) is 0 Å². The summed E-state index contributed by atoms with van der Waals surface area (Å²) in [6.07, 6.45) is 2.87. The van der Waals surface area contributed by atoms with Gasteiger partial charge in [-0.3, -0.25) is 0 Å². The fourth-order valence-corrected chi connectivity index (χ4v) is 3.14. The number of phenols is 1. The van der Waals surface area contributed by atoms with Gasteiger partial charge in [0.15, 0.2) is 11.5 Å². The summed E-state index contributed by atoms with van der Waals surface area (Å²) in [5.41, 5.74) is 0.906. The van der Waals surface area contributed by atoms with Crippen LogP contribution < -0.4 is 4.74 Å². The lowest BCUT2D eigenvalue weighted by Gasteiger charge is -2.10. The summed E-state index contributed by atoms with van der Waals surface area (Å²) in [4.78, 5) is 12.0. The van der Waals surface area contributed by atoms with Crippen molar-refractivity contribution in [2.45, 2.75) is 6.92 Å². The lowest BCUT2D eigenvalue weighted by Crippen LogP contribution is -2.04. The number of phenolic OH excluding ortho intramolecular Hbond substituents is 1. The number of carbonyl (C=O) groups excluding carboxylic acids is 1. The number of carbonyl (C=O) groups is 1. The SMILES string of the molecule is CC=CC(=O)Oc1c(O)c(N=Nc2cccc3ccccc23)cc2ccccc12. The van der Waals surface area contributed by atoms with Crippen LogP contribution in [-0.2, 0) is 4.79 Å². The normalized spacial score (nSPS) is 11.6. The van der Waals surface area contributed by atoms with Gasteiger partial charge in [0.05, 0.1) is 5.69 Å². The van der Waals surface area contributed by atoms with Gasteiger partial charge in [-0.25, -0.2) is 4.79 Å². The third-order valence-corrected chi connectivity index (χ3v) is 4.49. The van der Waals surface area contributed by atoms with Gasteiger partial charge >= 0.3 is 5.97 Å². The Morgan fingerprint density at radius 1 is 0.862 bits per heavy atom. The van der Waals surface area contributed by atoms with Gasteiger partial charge in [0.25, 0.3) is 0 Å². The van der Waals surface area contributed by atoms with E-state index >= 15 is 0 Å². The van der Waals surface area contributed by atoms with Crippen LogP contribution in [0.25, 0.3) is 21.5 Å². The predicted octanol–water partition coefficient (Wildman–Crippen LogP) is 6.60. The van der Waals surface area contributed by atoms with Crippen molar-refractivity contribution >= 4 is 38.9 Å². The van der Waals surface area contributed by atoms with Gasteiger partial charge in [-0.15, -0.1) is 10.2 Å². The number of ether oxygens (including phenoxy) is 1. The molecule has 0 fully saturated rings. The first kappa shape index (κ1) is 18.4. The van der Waals surface area contributed by atoms with Crippen LogP contribution in [-0.4, -0.2) is 11.1 Å². The second kappa shape index (κ2) is 7.94. The maximum absolute atomic E-state index is 12.0. The zero-order valence-corrected chi connectivity index (χ0v) is 15.7. The third kappa shape index (κ3) is 3.71. The Labute approximate surface area is 167 Å². The number of benzene rings is 4. The molecule has 0 amide bonds. The van der Waals surface area contributed by atoms with E-state index in [1.165, 1.54) is 6.08 Å². The highest BCUT2D eigenvalue weighted by atomic mass is 16.5.